The minimum absolute atomic E-state index is 0.198. The van der Waals surface area contributed by atoms with Crippen molar-refractivity contribution in [2.24, 2.45) is 5.92 Å². The highest BCUT2D eigenvalue weighted by molar-refractivity contribution is 7.92. The van der Waals surface area contributed by atoms with Gasteiger partial charge in [0, 0.05) is 30.6 Å². The van der Waals surface area contributed by atoms with Gasteiger partial charge in [0.2, 0.25) is 10.0 Å². The minimum Gasteiger partial charge on any atom is -0.312 e. The molecule has 4 nitrogen and oxygen atoms in total. The molecule has 27 heavy (non-hydrogen) atoms. The number of piperidine rings is 1. The lowest BCUT2D eigenvalue weighted by Gasteiger charge is -2.30. The molecule has 0 amide bonds. The van der Waals surface area contributed by atoms with Crippen LogP contribution in [-0.2, 0) is 16.6 Å². The van der Waals surface area contributed by atoms with E-state index in [1.54, 1.807) is 22.5 Å². The maximum absolute atomic E-state index is 13.6. The first-order chi connectivity index (χ1) is 13.0. The Kier molecular flexibility index (Phi) is 6.77. The molecule has 1 N–H and O–H groups in total. The van der Waals surface area contributed by atoms with E-state index in [0.717, 1.165) is 24.9 Å². The first-order valence-corrected chi connectivity index (χ1v) is 10.7. The van der Waals surface area contributed by atoms with Gasteiger partial charge in [0.15, 0.2) is 0 Å². The van der Waals surface area contributed by atoms with Crippen molar-refractivity contribution in [1.82, 2.24) is 9.62 Å². The maximum Gasteiger partial charge on any atom is 0.236 e. The second-order valence-electron chi connectivity index (χ2n) is 6.82. The van der Waals surface area contributed by atoms with E-state index in [0.29, 0.717) is 31.1 Å². The lowest BCUT2D eigenvalue weighted by molar-refractivity contribution is 0.269. The molecule has 2 aromatic carbocycles. The van der Waals surface area contributed by atoms with Crippen molar-refractivity contribution < 1.29 is 12.8 Å². The van der Waals surface area contributed by atoms with E-state index in [1.807, 2.05) is 36.4 Å². The van der Waals surface area contributed by atoms with Crippen LogP contribution in [-0.4, -0.2) is 32.4 Å². The van der Waals surface area contributed by atoms with Crippen molar-refractivity contribution in [3.63, 3.8) is 0 Å². The summed E-state index contributed by atoms with van der Waals surface area (Å²) in [4.78, 5) is 0. The van der Waals surface area contributed by atoms with Gasteiger partial charge in [-0.1, -0.05) is 48.5 Å². The summed E-state index contributed by atoms with van der Waals surface area (Å²) in [5, 5.41) is 4.58. The van der Waals surface area contributed by atoms with Crippen molar-refractivity contribution in [1.29, 1.82) is 0 Å². The van der Waals surface area contributed by atoms with Crippen LogP contribution in [0.2, 0.25) is 0 Å². The Morgan fingerprint density at radius 1 is 1.04 bits per heavy atom. The van der Waals surface area contributed by atoms with Gasteiger partial charge in [-0.05, 0) is 43.0 Å². The predicted molar refractivity (Wildman–Crippen MR) is 107 cm³/mol. The van der Waals surface area contributed by atoms with E-state index in [1.165, 1.54) is 11.5 Å². The molecule has 3 rings (SSSR count). The van der Waals surface area contributed by atoms with Crippen LogP contribution in [0.5, 0.6) is 0 Å². The van der Waals surface area contributed by atoms with Gasteiger partial charge >= 0.3 is 0 Å². The Bertz CT molecular complexity index is 861. The normalized spacial score (nSPS) is 16.8. The number of nitrogens with zero attached hydrogens (tertiary/aromatic N) is 1. The van der Waals surface area contributed by atoms with Crippen LogP contribution >= 0.6 is 0 Å². The molecule has 1 fully saturated rings. The second-order valence-corrected chi connectivity index (χ2v) is 8.64. The third-order valence-corrected chi connectivity index (χ3v) is 6.44. The quantitative estimate of drug-likeness (QED) is 0.788. The Morgan fingerprint density at radius 2 is 1.70 bits per heavy atom. The molecule has 0 unspecified atom stereocenters. The summed E-state index contributed by atoms with van der Waals surface area (Å²) in [7, 11) is -3.39. The zero-order valence-electron chi connectivity index (χ0n) is 15.2. The first-order valence-electron chi connectivity index (χ1n) is 9.22. The highest BCUT2D eigenvalue weighted by Gasteiger charge is 2.26. The van der Waals surface area contributed by atoms with Crippen LogP contribution in [0.3, 0.4) is 0 Å². The average molecular weight is 389 g/mol. The number of benzene rings is 2. The van der Waals surface area contributed by atoms with E-state index in [4.69, 9.17) is 0 Å². The van der Waals surface area contributed by atoms with Gasteiger partial charge < -0.3 is 5.32 Å². The van der Waals surface area contributed by atoms with Crippen LogP contribution in [0.1, 0.15) is 24.0 Å². The highest BCUT2D eigenvalue weighted by Crippen LogP contribution is 2.20. The Balaban J connectivity index is 1.45. The molecular formula is C21H25FN2O2S. The highest BCUT2D eigenvalue weighted by atomic mass is 32.2. The standard InChI is InChI=1S/C21H25FN2O2S/c22-21-9-5-4-8-20(21)17-23-16-19-10-13-24(14-11-19)27(25,26)15-12-18-6-2-1-3-7-18/h1-9,12,15,19,23H,10-11,13-14,16-17H2/b15-12+. The van der Waals surface area contributed by atoms with Crippen molar-refractivity contribution in [3.05, 3.63) is 76.9 Å². The molecule has 0 atom stereocenters. The molecule has 6 heteroatoms. The fourth-order valence-corrected chi connectivity index (χ4v) is 4.46. The predicted octanol–water partition coefficient (Wildman–Crippen LogP) is 3.63. The van der Waals surface area contributed by atoms with Gasteiger partial charge in [0.1, 0.15) is 5.82 Å². The molecule has 0 radical (unpaired) electrons. The molecule has 0 aromatic heterocycles. The van der Waals surface area contributed by atoms with Crippen LogP contribution in [0.15, 0.2) is 60.0 Å². The fraction of sp³-hybridized carbons (Fsp3) is 0.333. The third-order valence-electron chi connectivity index (χ3n) is 4.87. The molecule has 0 bridgehead atoms. The zero-order valence-corrected chi connectivity index (χ0v) is 16.0. The number of hydrogen-bond acceptors (Lipinski definition) is 3. The van der Waals surface area contributed by atoms with E-state index >= 15 is 0 Å². The van der Waals surface area contributed by atoms with Gasteiger partial charge in [0.25, 0.3) is 0 Å². The van der Waals surface area contributed by atoms with Crippen molar-refractivity contribution in [2.75, 3.05) is 19.6 Å². The lowest BCUT2D eigenvalue weighted by Crippen LogP contribution is -2.39. The monoisotopic (exact) mass is 388 g/mol. The number of hydrogen-bond donors (Lipinski definition) is 1. The van der Waals surface area contributed by atoms with E-state index in [9.17, 15) is 12.8 Å². The third kappa shape index (κ3) is 5.73. The molecule has 1 saturated heterocycles. The van der Waals surface area contributed by atoms with Crippen molar-refractivity contribution in [3.8, 4) is 0 Å². The topological polar surface area (TPSA) is 49.4 Å². The number of rotatable bonds is 7. The Morgan fingerprint density at radius 3 is 2.41 bits per heavy atom. The van der Waals surface area contributed by atoms with Gasteiger partial charge in [-0.25, -0.2) is 12.8 Å². The maximum atomic E-state index is 13.6. The molecule has 1 heterocycles. The lowest BCUT2D eigenvalue weighted by atomic mass is 9.98. The zero-order chi connectivity index (χ0) is 19.1. The summed E-state index contributed by atoms with van der Waals surface area (Å²) >= 11 is 0. The Hall–Kier alpha value is -2.02. The van der Waals surface area contributed by atoms with E-state index in [-0.39, 0.29) is 5.82 Å². The van der Waals surface area contributed by atoms with Gasteiger partial charge in [0.05, 0.1) is 0 Å². The smallest absolute Gasteiger partial charge is 0.236 e. The first kappa shape index (κ1) is 19.7. The minimum atomic E-state index is -3.39. The Labute approximate surface area is 160 Å². The summed E-state index contributed by atoms with van der Waals surface area (Å²) in [5.74, 6) is 0.206. The average Bonchev–Trinajstić information content (AvgIpc) is 2.69. The summed E-state index contributed by atoms with van der Waals surface area (Å²) in [5.41, 5.74) is 1.52. The van der Waals surface area contributed by atoms with Gasteiger partial charge in [-0.3, -0.25) is 0 Å². The number of sulfonamides is 1. The van der Waals surface area contributed by atoms with E-state index in [2.05, 4.69) is 5.32 Å². The summed E-state index contributed by atoms with van der Waals surface area (Å²) < 4.78 is 40.1. The van der Waals surface area contributed by atoms with Gasteiger partial charge in [-0.2, -0.15) is 4.31 Å². The molecule has 2 aromatic rings. The van der Waals surface area contributed by atoms with Crippen LogP contribution in [0, 0.1) is 11.7 Å². The summed E-state index contributed by atoms with van der Waals surface area (Å²) in [6.45, 7) is 2.30. The molecule has 1 aliphatic heterocycles. The second kappa shape index (κ2) is 9.26. The van der Waals surface area contributed by atoms with Crippen molar-refractivity contribution in [2.45, 2.75) is 19.4 Å². The molecule has 144 valence electrons. The summed E-state index contributed by atoms with van der Waals surface area (Å²) in [6, 6.07) is 16.2. The van der Waals surface area contributed by atoms with E-state index < -0.39 is 10.0 Å². The summed E-state index contributed by atoms with van der Waals surface area (Å²) in [6.07, 6.45) is 3.25. The molecule has 0 aliphatic carbocycles. The fourth-order valence-electron chi connectivity index (χ4n) is 3.24. The van der Waals surface area contributed by atoms with Crippen LogP contribution < -0.4 is 5.32 Å². The number of nitrogens with one attached hydrogen (secondary N) is 1. The molecule has 1 aliphatic rings. The number of halogens is 1. The largest absolute Gasteiger partial charge is 0.312 e. The SMILES string of the molecule is O=S(=O)(/C=C/c1ccccc1)N1CCC(CNCc2ccccc2F)CC1. The van der Waals surface area contributed by atoms with Gasteiger partial charge in [-0.15, -0.1) is 0 Å². The van der Waals surface area contributed by atoms with Crippen LogP contribution in [0.25, 0.3) is 6.08 Å². The molecule has 0 saturated carbocycles. The van der Waals surface area contributed by atoms with Crippen LogP contribution in [0.4, 0.5) is 4.39 Å². The molecular weight excluding hydrogens is 363 g/mol. The molecule has 0 spiro atoms. The van der Waals surface area contributed by atoms with Crippen molar-refractivity contribution >= 4 is 16.1 Å².